The SMILES string of the molecule is CC(C)CCCC(=O)NC1C(=O)N(C)C(Cc2ccccc2)C(=O)NC(CCC(=O)O)C(=O)NC(Cc2c[nH]c3ccc(O)cc23)C(=O)NC(c2ccc(O)cc2)C(=O)NC2(CC2C)C(=O)OC1C. The number of hydrogen-bond donors (Lipinski definition) is 9. The summed E-state index contributed by atoms with van der Waals surface area (Å²) in [6, 6.07) is 10.9. The molecule has 9 N–H and O–H groups in total. The Morgan fingerprint density at radius 1 is 0.826 bits per heavy atom. The Kier molecular flexibility index (Phi) is 16.3. The number of esters is 1. The van der Waals surface area contributed by atoms with Crippen LogP contribution in [0.5, 0.6) is 11.5 Å². The molecular formula is C50H61N7O12. The molecular weight excluding hydrogens is 891 g/mol. The smallest absolute Gasteiger partial charge is 0.332 e. The Balaban J connectivity index is 1.46. The number of amides is 6. The zero-order chi connectivity index (χ0) is 50.2. The molecule has 19 heteroatoms. The second kappa shape index (κ2) is 22.1. The van der Waals surface area contributed by atoms with Crippen molar-refractivity contribution >= 4 is 58.3 Å². The number of aromatic nitrogens is 1. The molecule has 2 fully saturated rings. The van der Waals surface area contributed by atoms with Crippen molar-refractivity contribution in [2.24, 2.45) is 11.8 Å². The second-order valence-electron chi connectivity index (χ2n) is 18.5. The van der Waals surface area contributed by atoms with Crippen LogP contribution in [0.1, 0.15) is 89.0 Å². The lowest BCUT2D eigenvalue weighted by molar-refractivity contribution is -0.159. The highest BCUT2D eigenvalue weighted by atomic mass is 16.5. The molecule has 8 atom stereocenters. The van der Waals surface area contributed by atoms with Crippen molar-refractivity contribution in [3.63, 3.8) is 0 Å². The van der Waals surface area contributed by atoms with Crippen molar-refractivity contribution in [3.05, 3.63) is 95.7 Å². The second-order valence-corrected chi connectivity index (χ2v) is 18.5. The maximum atomic E-state index is 14.8. The van der Waals surface area contributed by atoms with E-state index in [1.54, 1.807) is 49.5 Å². The van der Waals surface area contributed by atoms with E-state index in [9.17, 15) is 53.7 Å². The van der Waals surface area contributed by atoms with Gasteiger partial charge in [-0.1, -0.05) is 69.7 Å². The van der Waals surface area contributed by atoms with E-state index >= 15 is 0 Å². The van der Waals surface area contributed by atoms with E-state index in [0.29, 0.717) is 40.8 Å². The molecule has 4 aromatic rings. The molecule has 0 bridgehead atoms. The standard InChI is InChI=1S/C50H61N7O12/c1-27(2)10-9-13-40(60)54-42-29(4)69-49(68)50(25-28(50)3)56-47(66)43(31-14-16-33(58)17-15-31)55-45(64)38(23-32-26-51-36-19-18-34(59)24-35(32)36)53-44(63)37(20-21-41(61)62)52-46(65)39(57(5)48(42)67)22-30-11-7-6-8-12-30/h6-8,11-12,14-19,24,26-29,37-39,42-43,51,58-59H,9-10,13,20-23,25H2,1-5H3,(H,52,65)(H,53,63)(H,54,60)(H,55,64)(H,56,66)(H,61,62). The predicted octanol–water partition coefficient (Wildman–Crippen LogP) is 3.03. The van der Waals surface area contributed by atoms with Crippen molar-refractivity contribution in [1.82, 2.24) is 36.5 Å². The van der Waals surface area contributed by atoms with Crippen molar-refractivity contribution in [1.29, 1.82) is 0 Å². The average molecular weight is 952 g/mol. The molecule has 1 spiro atoms. The molecule has 8 unspecified atom stereocenters. The number of nitrogens with one attached hydrogen (secondary N) is 6. The lowest BCUT2D eigenvalue weighted by atomic mass is 10.00. The van der Waals surface area contributed by atoms with Gasteiger partial charge in [-0.3, -0.25) is 33.6 Å². The van der Waals surface area contributed by atoms with Crippen LogP contribution in [0.25, 0.3) is 10.9 Å². The molecule has 6 rings (SSSR count). The topological polar surface area (TPSA) is 286 Å². The number of aromatic hydroxyl groups is 2. The fourth-order valence-corrected chi connectivity index (χ4v) is 8.53. The lowest BCUT2D eigenvalue weighted by Gasteiger charge is -2.34. The Morgan fingerprint density at radius 2 is 1.48 bits per heavy atom. The fraction of sp³-hybridized carbons (Fsp3) is 0.440. The summed E-state index contributed by atoms with van der Waals surface area (Å²) in [4.78, 5) is 117. The Hall–Kier alpha value is -7.44. The minimum absolute atomic E-state index is 0.0335. The summed E-state index contributed by atoms with van der Waals surface area (Å²) in [7, 11) is 1.32. The third kappa shape index (κ3) is 12.8. The Morgan fingerprint density at radius 3 is 2.13 bits per heavy atom. The van der Waals surface area contributed by atoms with Crippen LogP contribution in [0.4, 0.5) is 0 Å². The van der Waals surface area contributed by atoms with E-state index < -0.39 is 108 Å². The van der Waals surface area contributed by atoms with E-state index in [0.717, 1.165) is 4.90 Å². The Labute approximate surface area is 399 Å². The number of rotatable bonds is 13. The molecule has 368 valence electrons. The summed E-state index contributed by atoms with van der Waals surface area (Å²) in [5, 5.41) is 44.3. The number of cyclic esters (lactones) is 1. The molecule has 3 aromatic carbocycles. The van der Waals surface area contributed by atoms with Gasteiger partial charge < -0.3 is 56.5 Å². The molecule has 1 saturated carbocycles. The van der Waals surface area contributed by atoms with Crippen LogP contribution in [-0.4, -0.2) is 115 Å². The minimum Gasteiger partial charge on any atom is -0.508 e. The fourth-order valence-electron chi connectivity index (χ4n) is 8.53. The molecule has 69 heavy (non-hydrogen) atoms. The number of likely N-dealkylation sites (N-methyl/N-ethyl adjacent to an activating group) is 1. The van der Waals surface area contributed by atoms with Gasteiger partial charge in [-0.25, -0.2) is 4.79 Å². The van der Waals surface area contributed by atoms with Gasteiger partial charge in [-0.05, 0) is 85.0 Å². The summed E-state index contributed by atoms with van der Waals surface area (Å²) in [5.74, 6) is -7.67. The van der Waals surface area contributed by atoms with E-state index in [2.05, 4.69) is 31.6 Å². The third-order valence-corrected chi connectivity index (χ3v) is 12.8. The van der Waals surface area contributed by atoms with E-state index in [1.807, 2.05) is 13.8 Å². The van der Waals surface area contributed by atoms with Crippen LogP contribution >= 0.6 is 0 Å². The van der Waals surface area contributed by atoms with Crippen LogP contribution in [0.15, 0.2) is 79.0 Å². The maximum Gasteiger partial charge on any atom is 0.332 e. The number of H-pyrrole nitrogens is 1. The first-order chi connectivity index (χ1) is 32.8. The van der Waals surface area contributed by atoms with Gasteiger partial charge in [0.25, 0.3) is 0 Å². The number of aromatic amines is 1. The van der Waals surface area contributed by atoms with Gasteiger partial charge in [0, 0.05) is 49.8 Å². The van der Waals surface area contributed by atoms with Gasteiger partial charge in [-0.2, -0.15) is 0 Å². The number of phenols is 2. The van der Waals surface area contributed by atoms with Gasteiger partial charge in [0.15, 0.2) is 0 Å². The molecule has 2 aliphatic rings. The van der Waals surface area contributed by atoms with Crippen molar-refractivity contribution in [2.75, 3.05) is 7.05 Å². The molecule has 2 heterocycles. The van der Waals surface area contributed by atoms with Gasteiger partial charge in [0.1, 0.15) is 53.4 Å². The van der Waals surface area contributed by atoms with Crippen molar-refractivity contribution in [2.45, 2.75) is 121 Å². The van der Waals surface area contributed by atoms with E-state index in [1.165, 1.54) is 50.4 Å². The number of nitrogens with zero attached hydrogens (tertiary/aromatic N) is 1. The van der Waals surface area contributed by atoms with Gasteiger partial charge in [-0.15, -0.1) is 0 Å². The maximum absolute atomic E-state index is 14.8. The number of fused-ring (bicyclic) bond motifs is 1. The lowest BCUT2D eigenvalue weighted by Crippen LogP contribution is -2.61. The zero-order valence-corrected chi connectivity index (χ0v) is 39.2. The first kappa shape index (κ1) is 51.0. The first-order valence-corrected chi connectivity index (χ1v) is 23.1. The number of phenolic OH excluding ortho intramolecular Hbond substituents is 2. The highest BCUT2D eigenvalue weighted by Crippen LogP contribution is 2.45. The monoisotopic (exact) mass is 951 g/mol. The zero-order valence-electron chi connectivity index (χ0n) is 39.2. The summed E-state index contributed by atoms with van der Waals surface area (Å²) in [6.45, 7) is 7.11. The number of carbonyl (C=O) groups is 8. The van der Waals surface area contributed by atoms with Crippen LogP contribution in [0, 0.1) is 11.8 Å². The van der Waals surface area contributed by atoms with Crippen LogP contribution < -0.4 is 26.6 Å². The number of aliphatic carboxylic acids is 1. The quantitative estimate of drug-likeness (QED) is 0.0875. The van der Waals surface area contributed by atoms with Crippen molar-refractivity contribution in [3.8, 4) is 11.5 Å². The summed E-state index contributed by atoms with van der Waals surface area (Å²) in [5.41, 5.74) is 0.146. The predicted molar refractivity (Wildman–Crippen MR) is 251 cm³/mol. The molecule has 6 amide bonds. The number of hydrogen-bond acceptors (Lipinski definition) is 11. The van der Waals surface area contributed by atoms with Crippen molar-refractivity contribution < 1.29 is 58.4 Å². The number of carboxylic acid groups (broad SMARTS) is 1. The van der Waals surface area contributed by atoms with Gasteiger partial charge in [0.2, 0.25) is 35.4 Å². The van der Waals surface area contributed by atoms with E-state index in [4.69, 9.17) is 4.74 Å². The van der Waals surface area contributed by atoms with Gasteiger partial charge >= 0.3 is 11.9 Å². The summed E-state index contributed by atoms with van der Waals surface area (Å²) < 4.78 is 5.98. The highest BCUT2D eigenvalue weighted by molar-refractivity contribution is 5.99. The molecule has 1 aliphatic carbocycles. The Bertz CT molecular complexity index is 2550. The minimum atomic E-state index is -1.65. The molecule has 19 nitrogen and oxygen atoms in total. The van der Waals surface area contributed by atoms with Crippen LogP contribution in [-0.2, 0) is 55.9 Å². The highest BCUT2D eigenvalue weighted by Gasteiger charge is 2.61. The number of carboxylic acids is 1. The van der Waals surface area contributed by atoms with Crippen LogP contribution in [0.3, 0.4) is 0 Å². The molecule has 1 aromatic heterocycles. The molecule has 1 aliphatic heterocycles. The first-order valence-electron chi connectivity index (χ1n) is 23.1. The summed E-state index contributed by atoms with van der Waals surface area (Å²) >= 11 is 0. The number of carbonyl (C=O) groups excluding carboxylic acids is 7. The van der Waals surface area contributed by atoms with E-state index in [-0.39, 0.29) is 42.7 Å². The van der Waals surface area contributed by atoms with Crippen LogP contribution in [0.2, 0.25) is 0 Å². The molecule has 0 radical (unpaired) electrons. The molecule has 1 saturated heterocycles. The number of benzene rings is 3. The normalized spacial score (nSPS) is 25.1. The largest absolute Gasteiger partial charge is 0.508 e. The average Bonchev–Trinajstić information content (AvgIpc) is 3.80. The third-order valence-electron chi connectivity index (χ3n) is 12.8. The summed E-state index contributed by atoms with van der Waals surface area (Å²) in [6.07, 6.45) is 0.0969. The number of ether oxygens (including phenoxy) is 1. The van der Waals surface area contributed by atoms with Gasteiger partial charge in [0.05, 0.1) is 0 Å².